The molecular formula is C21H37IN4O4. The Labute approximate surface area is 197 Å². The summed E-state index contributed by atoms with van der Waals surface area (Å²) >= 11 is 0. The van der Waals surface area contributed by atoms with Crippen molar-refractivity contribution in [2.45, 2.75) is 59.4 Å². The molecule has 4 N–H and O–H groups in total. The van der Waals surface area contributed by atoms with Crippen LogP contribution in [0, 0.1) is 0 Å². The van der Waals surface area contributed by atoms with Crippen molar-refractivity contribution in [1.82, 2.24) is 16.0 Å². The standard InChI is InChI=1S/C21H36N4O4.HI/c1-7-22-19(23-12-13-24-20(27)29-21(4,5)6)25-14-18(26)16-8-10-17(11-9-16)28-15(2)3;/h8-11,15,18,26H,7,12-14H2,1-6H3,(H,24,27)(H2,22,23,25);1H. The molecular weight excluding hydrogens is 499 g/mol. The summed E-state index contributed by atoms with van der Waals surface area (Å²) in [6.45, 7) is 13.1. The van der Waals surface area contributed by atoms with Crippen molar-refractivity contribution in [3.8, 4) is 5.75 Å². The van der Waals surface area contributed by atoms with Gasteiger partial charge in [0, 0.05) is 19.6 Å². The van der Waals surface area contributed by atoms with E-state index in [0.29, 0.717) is 25.6 Å². The summed E-state index contributed by atoms with van der Waals surface area (Å²) in [7, 11) is 0. The van der Waals surface area contributed by atoms with E-state index in [-0.39, 0.29) is 36.6 Å². The van der Waals surface area contributed by atoms with Gasteiger partial charge in [-0.1, -0.05) is 12.1 Å². The first-order valence-corrected chi connectivity index (χ1v) is 10.0. The van der Waals surface area contributed by atoms with Crippen molar-refractivity contribution < 1.29 is 19.4 Å². The Morgan fingerprint density at radius 3 is 2.23 bits per heavy atom. The Hall–Kier alpha value is -1.75. The maximum atomic E-state index is 11.6. The van der Waals surface area contributed by atoms with E-state index in [1.165, 1.54) is 0 Å². The highest BCUT2D eigenvalue weighted by Crippen LogP contribution is 2.19. The summed E-state index contributed by atoms with van der Waals surface area (Å²) in [5.41, 5.74) is 0.246. The topological polar surface area (TPSA) is 104 Å². The highest BCUT2D eigenvalue weighted by molar-refractivity contribution is 14.0. The van der Waals surface area contributed by atoms with Gasteiger partial charge in [0.15, 0.2) is 5.96 Å². The Balaban J connectivity index is 0.00000841. The molecule has 0 aliphatic heterocycles. The molecule has 0 spiro atoms. The predicted octanol–water partition coefficient (Wildman–Crippen LogP) is 3.21. The van der Waals surface area contributed by atoms with Crippen LogP contribution < -0.4 is 20.7 Å². The van der Waals surface area contributed by atoms with E-state index in [9.17, 15) is 9.90 Å². The third-order valence-corrected chi connectivity index (χ3v) is 3.49. The third kappa shape index (κ3) is 12.7. The molecule has 1 aromatic rings. The zero-order valence-corrected chi connectivity index (χ0v) is 21.2. The van der Waals surface area contributed by atoms with Gasteiger partial charge in [0.1, 0.15) is 11.4 Å². The monoisotopic (exact) mass is 536 g/mol. The zero-order valence-electron chi connectivity index (χ0n) is 18.8. The van der Waals surface area contributed by atoms with E-state index in [1.54, 1.807) is 0 Å². The van der Waals surface area contributed by atoms with Crippen LogP contribution in [-0.2, 0) is 4.74 Å². The predicted molar refractivity (Wildman–Crippen MR) is 131 cm³/mol. The quantitative estimate of drug-likeness (QED) is 0.167. The van der Waals surface area contributed by atoms with Gasteiger partial charge < -0.3 is 30.5 Å². The molecule has 1 atom stereocenters. The highest BCUT2D eigenvalue weighted by Gasteiger charge is 2.15. The van der Waals surface area contributed by atoms with E-state index in [2.05, 4.69) is 20.9 Å². The number of ether oxygens (including phenoxy) is 2. The molecule has 9 heteroatoms. The number of hydrogen-bond acceptors (Lipinski definition) is 5. The number of guanidine groups is 1. The van der Waals surface area contributed by atoms with Crippen molar-refractivity contribution >= 4 is 36.0 Å². The Morgan fingerprint density at radius 1 is 1.10 bits per heavy atom. The lowest BCUT2D eigenvalue weighted by Crippen LogP contribution is -2.42. The number of carbonyl (C=O) groups is 1. The molecule has 0 fully saturated rings. The summed E-state index contributed by atoms with van der Waals surface area (Å²) in [5.74, 6) is 1.34. The van der Waals surface area contributed by atoms with Crippen LogP contribution in [0.25, 0.3) is 0 Å². The van der Waals surface area contributed by atoms with Crippen LogP contribution in [0.1, 0.15) is 53.2 Å². The average Bonchev–Trinajstić information content (AvgIpc) is 2.61. The number of aliphatic hydroxyl groups is 1. The minimum atomic E-state index is -0.724. The van der Waals surface area contributed by atoms with Gasteiger partial charge in [-0.05, 0) is 59.2 Å². The van der Waals surface area contributed by atoms with Crippen LogP contribution in [0.4, 0.5) is 4.79 Å². The van der Waals surface area contributed by atoms with Gasteiger partial charge in [0.05, 0.1) is 18.8 Å². The number of hydrogen-bond donors (Lipinski definition) is 4. The number of alkyl carbamates (subject to hydrolysis) is 1. The SMILES string of the molecule is CCNC(=NCC(O)c1ccc(OC(C)C)cc1)NCCNC(=O)OC(C)(C)C.I. The van der Waals surface area contributed by atoms with Gasteiger partial charge in [-0.3, -0.25) is 4.99 Å². The van der Waals surface area contributed by atoms with E-state index >= 15 is 0 Å². The molecule has 8 nitrogen and oxygen atoms in total. The number of nitrogens with one attached hydrogen (secondary N) is 3. The first-order chi connectivity index (χ1) is 13.6. The fourth-order valence-electron chi connectivity index (χ4n) is 2.33. The van der Waals surface area contributed by atoms with Gasteiger partial charge in [-0.15, -0.1) is 24.0 Å². The lowest BCUT2D eigenvalue weighted by atomic mass is 10.1. The molecule has 1 amide bonds. The third-order valence-electron chi connectivity index (χ3n) is 3.49. The van der Waals surface area contributed by atoms with Gasteiger partial charge in [0.2, 0.25) is 0 Å². The second-order valence-electron chi connectivity index (χ2n) is 7.83. The molecule has 30 heavy (non-hydrogen) atoms. The Morgan fingerprint density at radius 2 is 1.70 bits per heavy atom. The number of aliphatic hydroxyl groups excluding tert-OH is 1. The summed E-state index contributed by atoms with van der Waals surface area (Å²) < 4.78 is 10.8. The molecule has 0 heterocycles. The van der Waals surface area contributed by atoms with Gasteiger partial charge in [0.25, 0.3) is 0 Å². The van der Waals surface area contributed by atoms with Crippen molar-refractivity contribution in [2.75, 3.05) is 26.2 Å². The Kier molecular flexibility index (Phi) is 13.5. The number of halogens is 1. The summed E-state index contributed by atoms with van der Waals surface area (Å²) in [6.07, 6.45) is -1.08. The number of benzene rings is 1. The highest BCUT2D eigenvalue weighted by atomic mass is 127. The number of nitrogens with zero attached hydrogens (tertiary/aromatic N) is 1. The molecule has 0 aliphatic rings. The van der Waals surface area contributed by atoms with Crippen molar-refractivity contribution in [1.29, 1.82) is 0 Å². The second kappa shape index (κ2) is 14.3. The van der Waals surface area contributed by atoms with Crippen molar-refractivity contribution in [2.24, 2.45) is 4.99 Å². The fraction of sp³-hybridized carbons (Fsp3) is 0.619. The molecule has 0 saturated carbocycles. The molecule has 0 saturated heterocycles. The molecule has 1 aromatic carbocycles. The molecule has 1 rings (SSSR count). The van der Waals surface area contributed by atoms with Gasteiger partial charge in [-0.25, -0.2) is 4.79 Å². The zero-order chi connectivity index (χ0) is 21.9. The molecule has 0 bridgehead atoms. The van der Waals surface area contributed by atoms with Gasteiger partial charge >= 0.3 is 6.09 Å². The molecule has 172 valence electrons. The minimum Gasteiger partial charge on any atom is -0.491 e. The number of rotatable bonds is 9. The normalized spacial score (nSPS) is 12.6. The maximum absolute atomic E-state index is 11.6. The van der Waals surface area contributed by atoms with Crippen molar-refractivity contribution in [3.63, 3.8) is 0 Å². The average molecular weight is 536 g/mol. The molecule has 0 radical (unpaired) electrons. The Bertz CT molecular complexity index is 645. The fourth-order valence-corrected chi connectivity index (χ4v) is 2.33. The molecule has 1 unspecified atom stereocenters. The number of carbonyl (C=O) groups excluding carboxylic acids is 1. The maximum Gasteiger partial charge on any atom is 0.407 e. The summed E-state index contributed by atoms with van der Waals surface area (Å²) in [5, 5.41) is 19.3. The first-order valence-electron chi connectivity index (χ1n) is 10.0. The molecule has 0 aromatic heterocycles. The second-order valence-corrected chi connectivity index (χ2v) is 7.83. The lowest BCUT2D eigenvalue weighted by molar-refractivity contribution is 0.0529. The van der Waals surface area contributed by atoms with E-state index in [4.69, 9.17) is 9.47 Å². The largest absolute Gasteiger partial charge is 0.491 e. The van der Waals surface area contributed by atoms with Crippen LogP contribution in [-0.4, -0.2) is 55.0 Å². The van der Waals surface area contributed by atoms with Crippen LogP contribution in [0.5, 0.6) is 5.75 Å². The summed E-state index contributed by atoms with van der Waals surface area (Å²) in [6, 6.07) is 7.36. The summed E-state index contributed by atoms with van der Waals surface area (Å²) in [4.78, 5) is 16.0. The van der Waals surface area contributed by atoms with E-state index in [1.807, 2.05) is 65.8 Å². The van der Waals surface area contributed by atoms with Crippen LogP contribution in [0.3, 0.4) is 0 Å². The van der Waals surface area contributed by atoms with E-state index in [0.717, 1.165) is 11.3 Å². The lowest BCUT2D eigenvalue weighted by Gasteiger charge is -2.20. The van der Waals surface area contributed by atoms with Crippen LogP contribution in [0.15, 0.2) is 29.3 Å². The van der Waals surface area contributed by atoms with Crippen LogP contribution >= 0.6 is 24.0 Å². The minimum absolute atomic E-state index is 0. The van der Waals surface area contributed by atoms with Crippen molar-refractivity contribution in [3.05, 3.63) is 29.8 Å². The smallest absolute Gasteiger partial charge is 0.407 e. The molecule has 0 aliphatic carbocycles. The number of amides is 1. The van der Waals surface area contributed by atoms with Gasteiger partial charge in [-0.2, -0.15) is 0 Å². The van der Waals surface area contributed by atoms with Crippen LogP contribution in [0.2, 0.25) is 0 Å². The first kappa shape index (κ1) is 28.2. The van der Waals surface area contributed by atoms with E-state index < -0.39 is 17.8 Å². The number of aliphatic imine (C=N–C) groups is 1.